The van der Waals surface area contributed by atoms with E-state index in [9.17, 15) is 9.59 Å². The first-order chi connectivity index (χ1) is 17.9. The number of carbonyl (C=O) groups excluding carboxylic acids is 2. The molecular formula is C33H38NO3+. The number of quaternary nitrogens is 1. The SMILES string of the molecule is Cc1cccc(C)c1CC(C(=O)OC1C[N+]2(CC(=O)c3ccccc3)CCC1CC2C)c1ccccc1. The number of hydrogen-bond donors (Lipinski definition) is 0. The first-order valence-electron chi connectivity index (χ1n) is 13.6. The van der Waals surface area contributed by atoms with Crippen molar-refractivity contribution in [3.8, 4) is 0 Å². The van der Waals surface area contributed by atoms with Gasteiger partial charge in [-0.05, 0) is 49.4 Å². The number of ether oxygens (including phenoxy) is 1. The highest BCUT2D eigenvalue weighted by Crippen LogP contribution is 2.41. The van der Waals surface area contributed by atoms with Crippen molar-refractivity contribution in [3.05, 3.63) is 107 Å². The van der Waals surface area contributed by atoms with Gasteiger partial charge in [0.1, 0.15) is 13.1 Å². The van der Waals surface area contributed by atoms with Crippen LogP contribution in [0.25, 0.3) is 0 Å². The molecule has 0 aliphatic carbocycles. The van der Waals surface area contributed by atoms with Crippen LogP contribution in [0.5, 0.6) is 0 Å². The summed E-state index contributed by atoms with van der Waals surface area (Å²) in [5.74, 6) is 0.0403. The summed E-state index contributed by atoms with van der Waals surface area (Å²) in [6, 6.07) is 26.3. The number of fused-ring (bicyclic) bond motifs is 3. The van der Waals surface area contributed by atoms with Crippen LogP contribution in [0.1, 0.15) is 58.3 Å². The van der Waals surface area contributed by atoms with Crippen molar-refractivity contribution in [1.29, 1.82) is 0 Å². The highest BCUT2D eigenvalue weighted by molar-refractivity contribution is 5.97. The lowest BCUT2D eigenvalue weighted by Gasteiger charge is -2.55. The molecule has 0 saturated carbocycles. The molecule has 6 rings (SSSR count). The first kappa shape index (κ1) is 25.4. The topological polar surface area (TPSA) is 43.4 Å². The number of aryl methyl sites for hydroxylation is 2. The molecule has 3 aliphatic heterocycles. The fourth-order valence-corrected chi connectivity index (χ4v) is 6.60. The Labute approximate surface area is 220 Å². The number of esters is 1. The molecule has 37 heavy (non-hydrogen) atoms. The number of benzene rings is 3. The van der Waals surface area contributed by atoms with Crippen LogP contribution >= 0.6 is 0 Å². The van der Waals surface area contributed by atoms with E-state index in [0.717, 1.165) is 41.5 Å². The molecule has 3 saturated heterocycles. The maximum absolute atomic E-state index is 13.8. The minimum Gasteiger partial charge on any atom is -0.456 e. The summed E-state index contributed by atoms with van der Waals surface area (Å²) in [5, 5.41) is 0. The standard InChI is InChI=1S/C33H38NO3/c1-23-11-10-12-24(2)29(23)20-30(26-13-6-4-7-14-26)33(36)37-32-22-34(18-17-28(32)19-25(34)3)21-31(35)27-15-8-5-9-16-27/h4-16,25,28,30,32H,17-22H2,1-3H3/q+1. The van der Waals surface area contributed by atoms with Gasteiger partial charge in [0.05, 0.1) is 18.5 Å². The second kappa shape index (κ2) is 10.6. The zero-order chi connectivity index (χ0) is 26.0. The van der Waals surface area contributed by atoms with E-state index in [2.05, 4.69) is 39.0 Å². The molecule has 3 aromatic rings. The van der Waals surface area contributed by atoms with E-state index in [-0.39, 0.29) is 23.8 Å². The normalized spacial score (nSPS) is 25.4. The van der Waals surface area contributed by atoms with Gasteiger partial charge in [-0.1, -0.05) is 78.9 Å². The molecule has 0 radical (unpaired) electrons. The van der Waals surface area contributed by atoms with Crippen molar-refractivity contribution in [2.24, 2.45) is 5.92 Å². The molecule has 0 N–H and O–H groups in total. The van der Waals surface area contributed by atoms with Gasteiger partial charge in [-0.2, -0.15) is 0 Å². The smallest absolute Gasteiger partial charge is 0.314 e. The third kappa shape index (κ3) is 5.26. The Balaban J connectivity index is 1.36. The highest BCUT2D eigenvalue weighted by atomic mass is 16.5. The summed E-state index contributed by atoms with van der Waals surface area (Å²) in [7, 11) is 0. The minimum atomic E-state index is -0.353. The Morgan fingerprint density at radius 2 is 1.57 bits per heavy atom. The van der Waals surface area contributed by atoms with Crippen LogP contribution in [0.4, 0.5) is 0 Å². The van der Waals surface area contributed by atoms with Crippen molar-refractivity contribution in [2.45, 2.75) is 58.1 Å². The number of ketones is 1. The fraction of sp³-hybridized carbons (Fsp3) is 0.394. The van der Waals surface area contributed by atoms with Crippen molar-refractivity contribution in [2.75, 3.05) is 19.6 Å². The lowest BCUT2D eigenvalue weighted by Crippen LogP contribution is -2.69. The average molecular weight is 497 g/mol. The molecule has 2 bridgehead atoms. The molecule has 192 valence electrons. The van der Waals surface area contributed by atoms with Gasteiger partial charge < -0.3 is 9.22 Å². The number of carbonyl (C=O) groups is 2. The maximum Gasteiger partial charge on any atom is 0.314 e. The number of Topliss-reactive ketones (excluding diaryl/α,β-unsaturated/α-hetero) is 1. The molecule has 4 heteroatoms. The Kier molecular flexibility index (Phi) is 7.30. The second-order valence-corrected chi connectivity index (χ2v) is 11.2. The van der Waals surface area contributed by atoms with Crippen LogP contribution in [0.15, 0.2) is 78.9 Å². The van der Waals surface area contributed by atoms with Crippen LogP contribution in [0.3, 0.4) is 0 Å². The number of piperidine rings is 3. The maximum atomic E-state index is 13.8. The van der Waals surface area contributed by atoms with E-state index >= 15 is 0 Å². The summed E-state index contributed by atoms with van der Waals surface area (Å²) < 4.78 is 7.11. The molecule has 3 aromatic carbocycles. The molecule has 3 aliphatic rings. The quantitative estimate of drug-likeness (QED) is 0.217. The molecule has 0 amide bonds. The molecule has 3 fully saturated rings. The zero-order valence-corrected chi connectivity index (χ0v) is 22.2. The minimum absolute atomic E-state index is 0.146. The first-order valence-corrected chi connectivity index (χ1v) is 13.6. The molecular weight excluding hydrogens is 458 g/mol. The van der Waals surface area contributed by atoms with Crippen LogP contribution < -0.4 is 0 Å². The lowest BCUT2D eigenvalue weighted by atomic mass is 9.78. The lowest BCUT2D eigenvalue weighted by molar-refractivity contribution is -0.960. The van der Waals surface area contributed by atoms with E-state index in [1.54, 1.807) is 0 Å². The van der Waals surface area contributed by atoms with Crippen molar-refractivity contribution in [1.82, 2.24) is 0 Å². The third-order valence-corrected chi connectivity index (χ3v) is 8.95. The van der Waals surface area contributed by atoms with E-state index in [1.165, 1.54) is 16.7 Å². The zero-order valence-electron chi connectivity index (χ0n) is 22.2. The predicted molar refractivity (Wildman–Crippen MR) is 147 cm³/mol. The fourth-order valence-electron chi connectivity index (χ4n) is 6.60. The summed E-state index contributed by atoms with van der Waals surface area (Å²) in [4.78, 5) is 27.1. The number of nitrogens with zero attached hydrogens (tertiary/aromatic N) is 1. The average Bonchev–Trinajstić information content (AvgIpc) is 2.90. The van der Waals surface area contributed by atoms with Crippen molar-refractivity contribution < 1.29 is 18.8 Å². The van der Waals surface area contributed by atoms with E-state index in [4.69, 9.17) is 4.74 Å². The van der Waals surface area contributed by atoms with E-state index < -0.39 is 0 Å². The molecule has 3 heterocycles. The van der Waals surface area contributed by atoms with Crippen LogP contribution in [-0.2, 0) is 16.0 Å². The van der Waals surface area contributed by atoms with Gasteiger partial charge in [-0.15, -0.1) is 0 Å². The largest absolute Gasteiger partial charge is 0.456 e. The molecule has 5 atom stereocenters. The van der Waals surface area contributed by atoms with Gasteiger partial charge in [0.15, 0.2) is 6.10 Å². The van der Waals surface area contributed by atoms with Gasteiger partial charge in [0, 0.05) is 24.3 Å². The van der Waals surface area contributed by atoms with Gasteiger partial charge in [-0.25, -0.2) is 0 Å². The van der Waals surface area contributed by atoms with Gasteiger partial charge in [0.2, 0.25) is 5.78 Å². The van der Waals surface area contributed by atoms with Gasteiger partial charge >= 0.3 is 5.97 Å². The summed E-state index contributed by atoms with van der Waals surface area (Å²) in [6.07, 6.45) is 2.47. The molecule has 5 unspecified atom stereocenters. The van der Waals surface area contributed by atoms with Crippen LogP contribution in [0, 0.1) is 19.8 Å². The Morgan fingerprint density at radius 1 is 0.919 bits per heavy atom. The number of rotatable bonds is 8. The van der Waals surface area contributed by atoms with Crippen LogP contribution in [-0.4, -0.2) is 48.0 Å². The molecule has 0 aromatic heterocycles. The predicted octanol–water partition coefficient (Wildman–Crippen LogP) is 6.05. The van der Waals surface area contributed by atoms with E-state index in [1.807, 2.05) is 60.7 Å². The van der Waals surface area contributed by atoms with Crippen molar-refractivity contribution in [3.63, 3.8) is 0 Å². The molecule has 4 nitrogen and oxygen atoms in total. The van der Waals surface area contributed by atoms with Gasteiger partial charge in [0.25, 0.3) is 0 Å². The third-order valence-electron chi connectivity index (χ3n) is 8.95. The van der Waals surface area contributed by atoms with E-state index in [0.29, 0.717) is 24.9 Å². The van der Waals surface area contributed by atoms with Crippen LogP contribution in [0.2, 0.25) is 0 Å². The number of hydrogen-bond acceptors (Lipinski definition) is 3. The summed E-state index contributed by atoms with van der Waals surface area (Å²) in [5.41, 5.74) is 5.38. The summed E-state index contributed by atoms with van der Waals surface area (Å²) >= 11 is 0. The second-order valence-electron chi connectivity index (χ2n) is 11.2. The summed E-state index contributed by atoms with van der Waals surface area (Å²) in [6.45, 7) is 8.65. The Morgan fingerprint density at radius 3 is 2.22 bits per heavy atom. The highest BCUT2D eigenvalue weighted by Gasteiger charge is 2.52. The monoisotopic (exact) mass is 496 g/mol. The Hall–Kier alpha value is -3.24. The Bertz CT molecular complexity index is 1230. The molecule has 0 spiro atoms. The van der Waals surface area contributed by atoms with Crippen molar-refractivity contribution >= 4 is 11.8 Å². The van der Waals surface area contributed by atoms with Gasteiger partial charge in [-0.3, -0.25) is 9.59 Å².